The van der Waals surface area contributed by atoms with Gasteiger partial charge in [0.2, 0.25) is 0 Å². The van der Waals surface area contributed by atoms with E-state index in [1.165, 1.54) is 11.0 Å². The van der Waals surface area contributed by atoms with E-state index in [0.29, 0.717) is 0 Å². The Labute approximate surface area is 103 Å². The number of amides is 1. The summed E-state index contributed by atoms with van der Waals surface area (Å²) in [6, 6.07) is 0. The molecule has 0 radical (unpaired) electrons. The second-order valence-electron chi connectivity index (χ2n) is 2.22. The molecule has 0 rings (SSSR count). The Morgan fingerprint density at radius 3 is 2.43 bits per heavy atom. The maximum Gasteiger partial charge on any atom is 0.256 e. The molecule has 6 heteroatoms. The van der Waals surface area contributed by atoms with Crippen LogP contribution in [0.5, 0.6) is 0 Å². The molecule has 1 amide bonds. The fourth-order valence-electron chi connectivity index (χ4n) is 0.660. The van der Waals surface area contributed by atoms with Gasteiger partial charge in [-0.25, -0.2) is 0 Å². The molecule has 0 aliphatic rings. The van der Waals surface area contributed by atoms with Gasteiger partial charge in [0.25, 0.3) is 5.91 Å². The Balaban J connectivity index is 4.38. The van der Waals surface area contributed by atoms with Crippen LogP contribution < -0.4 is 0 Å². The lowest BCUT2D eigenvalue weighted by Gasteiger charge is -2.18. The second kappa shape index (κ2) is 7.25. The molecule has 0 spiro atoms. The lowest BCUT2D eigenvalue weighted by Crippen LogP contribution is -2.35. The minimum absolute atomic E-state index is 0.0560. The van der Waals surface area contributed by atoms with E-state index in [1.807, 2.05) is 0 Å². The molecular formula is C8H7Cl4NO. The summed E-state index contributed by atoms with van der Waals surface area (Å²) in [5, 5.41) is 0. The van der Waals surface area contributed by atoms with Crippen LogP contribution in [0.3, 0.4) is 0 Å². The van der Waals surface area contributed by atoms with Crippen molar-refractivity contribution < 1.29 is 4.79 Å². The van der Waals surface area contributed by atoms with Crippen molar-refractivity contribution in [2.75, 3.05) is 13.1 Å². The van der Waals surface area contributed by atoms with Crippen LogP contribution in [0.4, 0.5) is 0 Å². The minimum Gasteiger partial charge on any atom is -0.325 e. The van der Waals surface area contributed by atoms with Crippen LogP contribution >= 0.6 is 46.4 Å². The number of rotatable bonds is 4. The van der Waals surface area contributed by atoms with Gasteiger partial charge >= 0.3 is 0 Å². The monoisotopic (exact) mass is 273 g/mol. The quantitative estimate of drug-likeness (QED) is 0.570. The van der Waals surface area contributed by atoms with E-state index in [2.05, 4.69) is 5.92 Å². The third-order valence-corrected chi connectivity index (χ3v) is 1.93. The van der Waals surface area contributed by atoms with Crippen molar-refractivity contribution in [3.63, 3.8) is 0 Å². The molecule has 0 unspecified atom stereocenters. The van der Waals surface area contributed by atoms with E-state index >= 15 is 0 Å². The molecule has 78 valence electrons. The van der Waals surface area contributed by atoms with Crippen LogP contribution in [-0.2, 0) is 4.79 Å². The molecule has 0 bridgehead atoms. The highest BCUT2D eigenvalue weighted by Crippen LogP contribution is 2.10. The molecule has 2 nitrogen and oxygen atoms in total. The molecule has 0 aromatic carbocycles. The predicted octanol–water partition coefficient (Wildman–Crippen LogP) is 2.57. The Morgan fingerprint density at radius 2 is 2.07 bits per heavy atom. The van der Waals surface area contributed by atoms with Crippen molar-refractivity contribution in [2.45, 2.75) is 4.84 Å². The van der Waals surface area contributed by atoms with Gasteiger partial charge in [0.1, 0.15) is 4.49 Å². The first-order valence-corrected chi connectivity index (χ1v) is 5.13. The van der Waals surface area contributed by atoms with E-state index in [9.17, 15) is 4.79 Å². The molecule has 0 saturated carbocycles. The third-order valence-electron chi connectivity index (χ3n) is 1.25. The van der Waals surface area contributed by atoms with Crippen molar-refractivity contribution in [2.24, 2.45) is 0 Å². The summed E-state index contributed by atoms with van der Waals surface area (Å²) in [6.07, 6.45) is 6.48. The fourth-order valence-corrected chi connectivity index (χ4v) is 1.07. The number of halogens is 4. The fraction of sp³-hybridized carbons (Fsp3) is 0.375. The van der Waals surface area contributed by atoms with Crippen LogP contribution in [0.25, 0.3) is 0 Å². The summed E-state index contributed by atoms with van der Waals surface area (Å²) < 4.78 is 0.0560. The molecule has 0 saturated heterocycles. The Kier molecular flexibility index (Phi) is 7.22. The Bertz CT molecular complexity index is 265. The molecule has 0 aliphatic heterocycles. The van der Waals surface area contributed by atoms with E-state index < -0.39 is 10.7 Å². The summed E-state index contributed by atoms with van der Waals surface area (Å²) >= 11 is 21.5. The predicted molar refractivity (Wildman–Crippen MR) is 60.7 cm³/mol. The first-order chi connectivity index (χ1) is 6.49. The molecule has 0 atom stereocenters. The number of hydrogen-bond acceptors (Lipinski definition) is 1. The molecule has 0 fully saturated rings. The number of alkyl halides is 2. The van der Waals surface area contributed by atoms with Gasteiger partial charge in [-0.05, 0) is 6.08 Å². The van der Waals surface area contributed by atoms with Crippen molar-refractivity contribution in [3.05, 3.63) is 10.6 Å². The standard InChI is InChI=1S/C8H7Cl4NO/c1-2-4-13(5-3-6(9)10)8(14)7(11)12/h1,3,7H,4-5H2. The first-order valence-electron chi connectivity index (χ1n) is 3.50. The summed E-state index contributed by atoms with van der Waals surface area (Å²) in [6.45, 7) is 0.285. The number of carbonyl (C=O) groups excluding carboxylic acids is 1. The van der Waals surface area contributed by atoms with E-state index in [1.54, 1.807) is 0 Å². The minimum atomic E-state index is -1.13. The zero-order chi connectivity index (χ0) is 11.1. The average Bonchev–Trinajstić information content (AvgIpc) is 2.10. The lowest BCUT2D eigenvalue weighted by atomic mass is 10.4. The molecule has 14 heavy (non-hydrogen) atoms. The SMILES string of the molecule is C#CCN(CC=C(Cl)Cl)C(=O)C(Cl)Cl. The molecule has 0 aromatic heterocycles. The molecular weight excluding hydrogens is 268 g/mol. The van der Waals surface area contributed by atoms with Gasteiger partial charge in [-0.1, -0.05) is 52.3 Å². The van der Waals surface area contributed by atoms with E-state index in [0.717, 1.165) is 0 Å². The van der Waals surface area contributed by atoms with E-state index in [-0.39, 0.29) is 17.6 Å². The van der Waals surface area contributed by atoms with Gasteiger partial charge in [0.15, 0.2) is 4.84 Å². The highest BCUT2D eigenvalue weighted by atomic mass is 35.5. The summed E-state index contributed by atoms with van der Waals surface area (Å²) in [4.78, 5) is 11.4. The summed E-state index contributed by atoms with van der Waals surface area (Å²) in [5.74, 6) is 1.82. The van der Waals surface area contributed by atoms with Crippen LogP contribution in [0.15, 0.2) is 10.6 Å². The normalized spacial score (nSPS) is 9.43. The summed E-state index contributed by atoms with van der Waals surface area (Å²) in [5.41, 5.74) is 0. The number of carbonyl (C=O) groups is 1. The molecule has 0 aliphatic carbocycles. The highest BCUT2D eigenvalue weighted by molar-refractivity contribution is 6.56. The van der Waals surface area contributed by atoms with Crippen LogP contribution in [0.2, 0.25) is 0 Å². The first kappa shape index (κ1) is 13.9. The average molecular weight is 275 g/mol. The topological polar surface area (TPSA) is 20.3 Å². The van der Waals surface area contributed by atoms with E-state index in [4.69, 9.17) is 52.8 Å². The smallest absolute Gasteiger partial charge is 0.256 e. The maximum atomic E-state index is 11.3. The van der Waals surface area contributed by atoms with Crippen LogP contribution in [-0.4, -0.2) is 28.7 Å². The highest BCUT2D eigenvalue weighted by Gasteiger charge is 2.18. The van der Waals surface area contributed by atoms with Gasteiger partial charge in [0, 0.05) is 6.54 Å². The van der Waals surface area contributed by atoms with Crippen molar-refractivity contribution in [3.8, 4) is 12.3 Å². The Hall–Kier alpha value is -0.0700. The van der Waals surface area contributed by atoms with Gasteiger partial charge in [-0.15, -0.1) is 6.42 Å². The Morgan fingerprint density at radius 1 is 1.50 bits per heavy atom. The second-order valence-corrected chi connectivity index (χ2v) is 4.32. The van der Waals surface area contributed by atoms with Crippen LogP contribution in [0, 0.1) is 12.3 Å². The molecule has 0 aromatic rings. The van der Waals surface area contributed by atoms with Gasteiger partial charge < -0.3 is 4.90 Å². The number of terminal acetylenes is 1. The molecule has 0 heterocycles. The number of hydrogen-bond donors (Lipinski definition) is 0. The maximum absolute atomic E-state index is 11.3. The van der Waals surface area contributed by atoms with Gasteiger partial charge in [-0.2, -0.15) is 0 Å². The van der Waals surface area contributed by atoms with Gasteiger partial charge in [0.05, 0.1) is 6.54 Å². The zero-order valence-corrected chi connectivity index (χ0v) is 10.0. The zero-order valence-electron chi connectivity index (χ0n) is 7.01. The van der Waals surface area contributed by atoms with Crippen molar-refractivity contribution in [1.82, 2.24) is 4.90 Å². The third kappa shape index (κ3) is 5.62. The van der Waals surface area contributed by atoms with Crippen molar-refractivity contribution >= 4 is 52.3 Å². The largest absolute Gasteiger partial charge is 0.325 e. The summed E-state index contributed by atoms with van der Waals surface area (Å²) in [7, 11) is 0. The number of nitrogens with zero attached hydrogens (tertiary/aromatic N) is 1. The van der Waals surface area contributed by atoms with Gasteiger partial charge in [-0.3, -0.25) is 4.79 Å². The van der Waals surface area contributed by atoms with Crippen LogP contribution in [0.1, 0.15) is 0 Å². The van der Waals surface area contributed by atoms with Crippen molar-refractivity contribution in [1.29, 1.82) is 0 Å². The molecule has 0 N–H and O–H groups in total. The lowest BCUT2D eigenvalue weighted by molar-refractivity contribution is -0.128.